The smallest absolute Gasteiger partial charge is 0.241 e. The molecular formula is C17H24N6O3. The molecule has 1 N–H and O–H groups in total. The standard InChI is InChI=1S/C17H24N6O3/c1-25-11-6-19-15(24)12-22-7-9-23(10-8-22)13-16-20-17(21-26-16)14-4-2-3-5-18-14/h2-5H,6-13H2,1H3,(H,19,24). The van der Waals surface area contributed by atoms with Crippen molar-refractivity contribution < 1.29 is 14.1 Å². The van der Waals surface area contributed by atoms with Gasteiger partial charge in [0, 0.05) is 46.0 Å². The second-order valence-electron chi connectivity index (χ2n) is 6.12. The van der Waals surface area contributed by atoms with E-state index in [-0.39, 0.29) is 5.91 Å². The zero-order chi connectivity index (χ0) is 18.2. The molecule has 1 fully saturated rings. The fourth-order valence-corrected chi connectivity index (χ4v) is 2.77. The summed E-state index contributed by atoms with van der Waals surface area (Å²) in [6, 6.07) is 5.59. The average molecular weight is 360 g/mol. The van der Waals surface area contributed by atoms with E-state index in [1.54, 1.807) is 13.3 Å². The number of piperazine rings is 1. The lowest BCUT2D eigenvalue weighted by Gasteiger charge is -2.33. The maximum absolute atomic E-state index is 11.8. The molecule has 0 atom stereocenters. The minimum Gasteiger partial charge on any atom is -0.383 e. The summed E-state index contributed by atoms with van der Waals surface area (Å²) in [4.78, 5) is 24.9. The van der Waals surface area contributed by atoms with Crippen LogP contribution in [0.25, 0.3) is 11.5 Å². The molecule has 1 amide bonds. The lowest BCUT2D eigenvalue weighted by atomic mass is 10.3. The van der Waals surface area contributed by atoms with Gasteiger partial charge < -0.3 is 14.6 Å². The molecule has 0 unspecified atom stereocenters. The van der Waals surface area contributed by atoms with Crippen molar-refractivity contribution in [1.29, 1.82) is 0 Å². The Morgan fingerprint density at radius 2 is 2.08 bits per heavy atom. The van der Waals surface area contributed by atoms with Crippen LogP contribution in [0.5, 0.6) is 0 Å². The molecule has 0 radical (unpaired) electrons. The van der Waals surface area contributed by atoms with E-state index in [4.69, 9.17) is 9.26 Å². The highest BCUT2D eigenvalue weighted by Crippen LogP contribution is 2.13. The largest absolute Gasteiger partial charge is 0.383 e. The van der Waals surface area contributed by atoms with Crippen molar-refractivity contribution in [3.05, 3.63) is 30.3 Å². The maximum Gasteiger partial charge on any atom is 0.241 e. The third-order valence-corrected chi connectivity index (χ3v) is 4.18. The van der Waals surface area contributed by atoms with Gasteiger partial charge in [-0.2, -0.15) is 4.98 Å². The van der Waals surface area contributed by atoms with Gasteiger partial charge in [0.2, 0.25) is 17.6 Å². The molecule has 0 bridgehead atoms. The molecule has 140 valence electrons. The minimum atomic E-state index is 0.0346. The third-order valence-electron chi connectivity index (χ3n) is 4.18. The number of hydrogen-bond acceptors (Lipinski definition) is 8. The van der Waals surface area contributed by atoms with Gasteiger partial charge >= 0.3 is 0 Å². The Balaban J connectivity index is 1.42. The van der Waals surface area contributed by atoms with Crippen molar-refractivity contribution in [3.63, 3.8) is 0 Å². The first-order valence-corrected chi connectivity index (χ1v) is 8.69. The molecule has 9 nitrogen and oxygen atoms in total. The van der Waals surface area contributed by atoms with Gasteiger partial charge in [-0.15, -0.1) is 0 Å². The first-order valence-electron chi connectivity index (χ1n) is 8.69. The lowest BCUT2D eigenvalue weighted by molar-refractivity contribution is -0.122. The summed E-state index contributed by atoms with van der Waals surface area (Å²) in [6.45, 7) is 5.47. The highest BCUT2D eigenvalue weighted by molar-refractivity contribution is 5.78. The molecule has 26 heavy (non-hydrogen) atoms. The molecule has 2 aromatic heterocycles. The Bertz CT molecular complexity index is 685. The molecule has 1 aliphatic rings. The summed E-state index contributed by atoms with van der Waals surface area (Å²) >= 11 is 0. The number of methoxy groups -OCH3 is 1. The van der Waals surface area contributed by atoms with Crippen LogP contribution in [0.4, 0.5) is 0 Å². The summed E-state index contributed by atoms with van der Waals surface area (Å²) in [6.07, 6.45) is 1.70. The number of carbonyl (C=O) groups excluding carboxylic acids is 1. The van der Waals surface area contributed by atoms with Crippen LogP contribution in [0.3, 0.4) is 0 Å². The van der Waals surface area contributed by atoms with Gasteiger partial charge in [0.05, 0.1) is 19.7 Å². The fourth-order valence-electron chi connectivity index (χ4n) is 2.77. The Morgan fingerprint density at radius 3 is 2.81 bits per heavy atom. The number of pyridine rings is 1. The van der Waals surface area contributed by atoms with E-state index in [1.807, 2.05) is 18.2 Å². The van der Waals surface area contributed by atoms with Crippen molar-refractivity contribution >= 4 is 5.91 Å². The summed E-state index contributed by atoms with van der Waals surface area (Å²) in [5.41, 5.74) is 0.701. The highest BCUT2D eigenvalue weighted by atomic mass is 16.5. The number of amides is 1. The van der Waals surface area contributed by atoms with Crippen LogP contribution in [0, 0.1) is 0 Å². The molecule has 0 spiro atoms. The summed E-state index contributed by atoms with van der Waals surface area (Å²) in [5, 5.41) is 6.83. The number of aromatic nitrogens is 3. The normalized spacial score (nSPS) is 15.9. The number of nitrogens with zero attached hydrogens (tertiary/aromatic N) is 5. The van der Waals surface area contributed by atoms with Gasteiger partial charge in [0.25, 0.3) is 0 Å². The maximum atomic E-state index is 11.8. The molecule has 0 aliphatic carbocycles. The molecular weight excluding hydrogens is 336 g/mol. The quantitative estimate of drug-likeness (QED) is 0.658. The van der Waals surface area contributed by atoms with Crippen molar-refractivity contribution in [2.45, 2.75) is 6.54 Å². The van der Waals surface area contributed by atoms with Crippen LogP contribution >= 0.6 is 0 Å². The van der Waals surface area contributed by atoms with Crippen molar-refractivity contribution in [1.82, 2.24) is 30.2 Å². The lowest BCUT2D eigenvalue weighted by Crippen LogP contribution is -2.49. The number of nitrogens with one attached hydrogen (secondary N) is 1. The van der Waals surface area contributed by atoms with Crippen LogP contribution in [0.2, 0.25) is 0 Å². The van der Waals surface area contributed by atoms with Gasteiger partial charge in [-0.3, -0.25) is 19.6 Å². The van der Waals surface area contributed by atoms with Crippen LogP contribution in [-0.2, 0) is 16.1 Å². The van der Waals surface area contributed by atoms with Gasteiger partial charge in [-0.05, 0) is 12.1 Å². The minimum absolute atomic E-state index is 0.0346. The Hall–Kier alpha value is -2.36. The zero-order valence-corrected chi connectivity index (χ0v) is 14.9. The number of ether oxygens (including phenoxy) is 1. The van der Waals surface area contributed by atoms with Crippen molar-refractivity contribution in [3.8, 4) is 11.5 Å². The zero-order valence-electron chi connectivity index (χ0n) is 14.9. The number of rotatable bonds is 8. The summed E-state index contributed by atoms with van der Waals surface area (Å²) < 4.78 is 10.3. The van der Waals surface area contributed by atoms with E-state index >= 15 is 0 Å². The van der Waals surface area contributed by atoms with Gasteiger partial charge in [-0.1, -0.05) is 11.2 Å². The molecule has 3 heterocycles. The van der Waals surface area contributed by atoms with Crippen LogP contribution in [-0.4, -0.2) is 83.8 Å². The number of carbonyl (C=O) groups is 1. The van der Waals surface area contributed by atoms with Gasteiger partial charge in [-0.25, -0.2) is 0 Å². The topological polar surface area (TPSA) is 96.6 Å². The van der Waals surface area contributed by atoms with E-state index in [1.165, 1.54) is 0 Å². The third kappa shape index (κ3) is 5.32. The Morgan fingerprint density at radius 1 is 1.27 bits per heavy atom. The molecule has 3 rings (SSSR count). The molecule has 1 aliphatic heterocycles. The van der Waals surface area contributed by atoms with Crippen molar-refractivity contribution in [2.24, 2.45) is 0 Å². The van der Waals surface area contributed by atoms with Crippen LogP contribution < -0.4 is 5.32 Å². The Kier molecular flexibility index (Phi) is 6.64. The van der Waals surface area contributed by atoms with E-state index in [0.717, 1.165) is 26.2 Å². The summed E-state index contributed by atoms with van der Waals surface area (Å²) in [7, 11) is 1.62. The highest BCUT2D eigenvalue weighted by Gasteiger charge is 2.21. The van der Waals surface area contributed by atoms with E-state index in [9.17, 15) is 4.79 Å². The second-order valence-corrected chi connectivity index (χ2v) is 6.12. The van der Waals surface area contributed by atoms with Crippen LogP contribution in [0.1, 0.15) is 5.89 Å². The molecule has 9 heteroatoms. The SMILES string of the molecule is COCCNC(=O)CN1CCN(Cc2nc(-c3ccccn3)no2)CC1. The van der Waals surface area contributed by atoms with Crippen molar-refractivity contribution in [2.75, 3.05) is 53.0 Å². The fraction of sp³-hybridized carbons (Fsp3) is 0.529. The first kappa shape index (κ1) is 18.4. The van der Waals surface area contributed by atoms with Gasteiger partial charge in [0.15, 0.2) is 0 Å². The predicted octanol–water partition coefficient (Wildman–Crippen LogP) is 0.0118. The second kappa shape index (κ2) is 9.37. The Labute approximate surface area is 152 Å². The van der Waals surface area contributed by atoms with Crippen LogP contribution in [0.15, 0.2) is 28.9 Å². The van der Waals surface area contributed by atoms with Gasteiger partial charge in [0.1, 0.15) is 5.69 Å². The molecule has 0 saturated carbocycles. The molecule has 0 aromatic carbocycles. The summed E-state index contributed by atoms with van der Waals surface area (Å²) in [5.74, 6) is 1.12. The van der Waals surface area contributed by atoms with E-state index in [0.29, 0.717) is 43.7 Å². The first-order chi connectivity index (χ1) is 12.7. The predicted molar refractivity (Wildman–Crippen MR) is 94.1 cm³/mol. The van der Waals surface area contributed by atoms with E-state index in [2.05, 4.69) is 30.2 Å². The number of hydrogen-bond donors (Lipinski definition) is 1. The molecule has 2 aromatic rings. The van der Waals surface area contributed by atoms with E-state index < -0.39 is 0 Å². The molecule has 1 saturated heterocycles. The average Bonchev–Trinajstić information content (AvgIpc) is 3.13. The monoisotopic (exact) mass is 360 g/mol.